The highest BCUT2D eigenvalue weighted by Crippen LogP contribution is 2.22. The monoisotopic (exact) mass is 256 g/mol. The van der Waals surface area contributed by atoms with Crippen LogP contribution in [0.4, 0.5) is 0 Å². The molecule has 4 nitrogen and oxygen atoms in total. The van der Waals surface area contributed by atoms with Crippen LogP contribution in [0.2, 0.25) is 0 Å². The van der Waals surface area contributed by atoms with E-state index >= 15 is 0 Å². The van der Waals surface area contributed by atoms with E-state index in [0.29, 0.717) is 17.4 Å². The first-order chi connectivity index (χ1) is 8.02. The van der Waals surface area contributed by atoms with E-state index in [-0.39, 0.29) is 0 Å². The zero-order chi connectivity index (χ0) is 12.5. The molecule has 0 saturated carbocycles. The number of nitrogens with zero attached hydrogens (tertiary/aromatic N) is 2. The van der Waals surface area contributed by atoms with Crippen LogP contribution in [0.25, 0.3) is 0 Å². The summed E-state index contributed by atoms with van der Waals surface area (Å²) in [4.78, 5) is 4.33. The number of imidazole rings is 1. The molecule has 0 spiro atoms. The van der Waals surface area contributed by atoms with Gasteiger partial charge in [0.25, 0.3) is 0 Å². The zero-order valence-electron chi connectivity index (χ0n) is 10.5. The summed E-state index contributed by atoms with van der Waals surface area (Å²) in [5.74, 6) is 2.23. The number of hydrogen-bond donors (Lipinski definition) is 0. The van der Waals surface area contributed by atoms with Gasteiger partial charge in [-0.2, -0.15) is 0 Å². The Labute approximate surface area is 103 Å². The van der Waals surface area contributed by atoms with E-state index in [1.165, 1.54) is 5.69 Å². The lowest BCUT2D eigenvalue weighted by Crippen LogP contribution is -2.26. The molecule has 96 valence electrons. The van der Waals surface area contributed by atoms with Crippen LogP contribution in [0.3, 0.4) is 0 Å². The first kappa shape index (κ1) is 12.6. The molecule has 0 aliphatic carbocycles. The molecule has 0 N–H and O–H groups in total. The number of rotatable bonds is 3. The highest BCUT2D eigenvalue weighted by Gasteiger charge is 2.24. The second-order valence-corrected chi connectivity index (χ2v) is 7.16. The van der Waals surface area contributed by atoms with Crippen molar-refractivity contribution < 1.29 is 8.42 Å². The first-order valence-electron chi connectivity index (χ1n) is 6.23. The molecular formula is C12H20N2O2S. The molecule has 17 heavy (non-hydrogen) atoms. The third-order valence-electron chi connectivity index (χ3n) is 3.61. The van der Waals surface area contributed by atoms with Crippen LogP contribution in [0.1, 0.15) is 31.3 Å². The molecule has 2 rings (SSSR count). The van der Waals surface area contributed by atoms with E-state index in [9.17, 15) is 8.42 Å². The number of hydrogen-bond acceptors (Lipinski definition) is 3. The smallest absolute Gasteiger partial charge is 0.150 e. The minimum absolute atomic E-state index is 0.354. The molecule has 1 fully saturated rings. The third-order valence-corrected chi connectivity index (χ3v) is 5.33. The normalized spacial score (nSPS) is 20.6. The van der Waals surface area contributed by atoms with Crippen molar-refractivity contribution >= 4 is 9.84 Å². The summed E-state index contributed by atoms with van der Waals surface area (Å²) in [7, 11) is -2.75. The fourth-order valence-electron chi connectivity index (χ4n) is 2.43. The molecule has 0 bridgehead atoms. The van der Waals surface area contributed by atoms with Gasteiger partial charge in [0.1, 0.15) is 15.7 Å². The van der Waals surface area contributed by atoms with Crippen LogP contribution in [0.5, 0.6) is 0 Å². The molecule has 0 unspecified atom stereocenters. The predicted molar refractivity (Wildman–Crippen MR) is 67.7 cm³/mol. The standard InChI is InChI=1S/C12H20N2O2S/c1-3-12-8-13-10(2)14(12)9-11-4-6-17(15,16)7-5-11/h8,11H,3-7,9H2,1-2H3. The molecular weight excluding hydrogens is 236 g/mol. The van der Waals surface area contributed by atoms with Crippen LogP contribution in [0.15, 0.2) is 6.20 Å². The summed E-state index contributed by atoms with van der Waals surface area (Å²) in [6.45, 7) is 5.06. The average Bonchev–Trinajstić information content (AvgIpc) is 2.63. The molecule has 1 aromatic rings. The van der Waals surface area contributed by atoms with Gasteiger partial charge in [0.2, 0.25) is 0 Å². The van der Waals surface area contributed by atoms with Crippen LogP contribution in [0, 0.1) is 12.8 Å². The highest BCUT2D eigenvalue weighted by atomic mass is 32.2. The quantitative estimate of drug-likeness (QED) is 0.825. The first-order valence-corrected chi connectivity index (χ1v) is 8.05. The van der Waals surface area contributed by atoms with Crippen LogP contribution in [-0.2, 0) is 22.8 Å². The summed E-state index contributed by atoms with van der Waals surface area (Å²) in [6, 6.07) is 0. The van der Waals surface area contributed by atoms with Crippen molar-refractivity contribution in [1.82, 2.24) is 9.55 Å². The molecule has 5 heteroatoms. The van der Waals surface area contributed by atoms with E-state index in [0.717, 1.165) is 31.6 Å². The molecule has 1 aromatic heterocycles. The minimum atomic E-state index is -2.75. The Balaban J connectivity index is 2.04. The summed E-state index contributed by atoms with van der Waals surface area (Å²) in [5, 5.41) is 0. The van der Waals surface area contributed by atoms with Crippen molar-refractivity contribution in [2.75, 3.05) is 11.5 Å². The Kier molecular flexibility index (Phi) is 3.56. The summed E-state index contributed by atoms with van der Waals surface area (Å²) in [6.07, 6.45) is 4.49. The Bertz CT molecular complexity index is 477. The van der Waals surface area contributed by atoms with Gasteiger partial charge in [0, 0.05) is 18.4 Å². The molecule has 0 amide bonds. The Morgan fingerprint density at radius 3 is 2.65 bits per heavy atom. The van der Waals surface area contributed by atoms with Crippen molar-refractivity contribution in [3.05, 3.63) is 17.7 Å². The van der Waals surface area contributed by atoms with Crippen molar-refractivity contribution in [3.63, 3.8) is 0 Å². The van der Waals surface area contributed by atoms with E-state index in [2.05, 4.69) is 16.5 Å². The maximum Gasteiger partial charge on any atom is 0.150 e. The van der Waals surface area contributed by atoms with Crippen molar-refractivity contribution in [2.45, 2.75) is 39.7 Å². The molecule has 1 aliphatic rings. The van der Waals surface area contributed by atoms with Gasteiger partial charge >= 0.3 is 0 Å². The number of aryl methyl sites for hydroxylation is 2. The van der Waals surface area contributed by atoms with E-state index in [1.54, 1.807) is 0 Å². The van der Waals surface area contributed by atoms with E-state index in [4.69, 9.17) is 0 Å². The number of aromatic nitrogens is 2. The van der Waals surface area contributed by atoms with Gasteiger partial charge in [-0.25, -0.2) is 13.4 Å². The number of sulfone groups is 1. The lowest BCUT2D eigenvalue weighted by atomic mass is 10.0. The van der Waals surface area contributed by atoms with Crippen LogP contribution < -0.4 is 0 Å². The highest BCUT2D eigenvalue weighted by molar-refractivity contribution is 7.91. The van der Waals surface area contributed by atoms with Gasteiger partial charge in [0.05, 0.1) is 11.5 Å². The Morgan fingerprint density at radius 2 is 2.06 bits per heavy atom. The fraction of sp³-hybridized carbons (Fsp3) is 0.750. The molecule has 0 radical (unpaired) electrons. The average molecular weight is 256 g/mol. The fourth-order valence-corrected chi connectivity index (χ4v) is 4.02. The second-order valence-electron chi connectivity index (χ2n) is 4.86. The summed E-state index contributed by atoms with van der Waals surface area (Å²) >= 11 is 0. The largest absolute Gasteiger partial charge is 0.332 e. The molecule has 1 saturated heterocycles. The lowest BCUT2D eigenvalue weighted by Gasteiger charge is -2.23. The Hall–Kier alpha value is -0.840. The molecule has 0 aromatic carbocycles. The maximum absolute atomic E-state index is 11.4. The van der Waals surface area contributed by atoms with E-state index < -0.39 is 9.84 Å². The molecule has 0 atom stereocenters. The second kappa shape index (κ2) is 4.80. The van der Waals surface area contributed by atoms with Gasteiger partial charge < -0.3 is 4.57 Å². The summed E-state index contributed by atoms with van der Waals surface area (Å²) < 4.78 is 25.0. The van der Waals surface area contributed by atoms with E-state index in [1.807, 2.05) is 13.1 Å². The molecule has 1 aliphatic heterocycles. The topological polar surface area (TPSA) is 52.0 Å². The van der Waals surface area contributed by atoms with Crippen molar-refractivity contribution in [3.8, 4) is 0 Å². The van der Waals surface area contributed by atoms with Gasteiger partial charge in [-0.1, -0.05) is 6.92 Å². The third kappa shape index (κ3) is 2.89. The van der Waals surface area contributed by atoms with Gasteiger partial charge in [-0.15, -0.1) is 0 Å². The van der Waals surface area contributed by atoms with Gasteiger partial charge in [-0.05, 0) is 32.1 Å². The Morgan fingerprint density at radius 1 is 1.41 bits per heavy atom. The summed E-state index contributed by atoms with van der Waals surface area (Å²) in [5.41, 5.74) is 1.25. The van der Waals surface area contributed by atoms with Gasteiger partial charge in [-0.3, -0.25) is 0 Å². The van der Waals surface area contributed by atoms with Crippen LogP contribution in [-0.4, -0.2) is 29.5 Å². The van der Waals surface area contributed by atoms with Crippen LogP contribution >= 0.6 is 0 Å². The van der Waals surface area contributed by atoms with Crippen molar-refractivity contribution in [1.29, 1.82) is 0 Å². The predicted octanol–water partition coefficient (Wildman–Crippen LogP) is 1.58. The van der Waals surface area contributed by atoms with Crippen molar-refractivity contribution in [2.24, 2.45) is 5.92 Å². The lowest BCUT2D eigenvalue weighted by molar-refractivity contribution is 0.395. The minimum Gasteiger partial charge on any atom is -0.332 e. The maximum atomic E-state index is 11.4. The molecule has 2 heterocycles. The zero-order valence-corrected chi connectivity index (χ0v) is 11.3. The van der Waals surface area contributed by atoms with Gasteiger partial charge in [0.15, 0.2) is 0 Å². The SMILES string of the molecule is CCc1cnc(C)n1CC1CCS(=O)(=O)CC1.